The smallest absolute Gasteiger partial charge is 0.200 e. The van der Waals surface area contributed by atoms with Crippen molar-refractivity contribution in [2.45, 2.75) is 12.8 Å². The highest BCUT2D eigenvalue weighted by molar-refractivity contribution is 5.16. The standard InChI is InChI=1S/C5H9N3O2/c6-5-7-1-2-8(5)3-4(9)10/h1-2,4,9-10H,3H2,(H2,6,7). The molecule has 5 nitrogen and oxygen atoms in total. The van der Waals surface area contributed by atoms with Gasteiger partial charge in [-0.2, -0.15) is 0 Å². The first-order valence-electron chi connectivity index (χ1n) is 2.83. The lowest BCUT2D eigenvalue weighted by atomic mass is 10.6. The van der Waals surface area contributed by atoms with Gasteiger partial charge in [-0.25, -0.2) is 4.98 Å². The number of anilines is 1. The fourth-order valence-electron chi connectivity index (χ4n) is 0.671. The highest BCUT2D eigenvalue weighted by Crippen LogP contribution is 1.98. The van der Waals surface area contributed by atoms with E-state index in [1.807, 2.05) is 0 Å². The second kappa shape index (κ2) is 2.68. The second-order valence-corrected chi connectivity index (χ2v) is 1.92. The lowest BCUT2D eigenvalue weighted by Crippen LogP contribution is -2.15. The van der Waals surface area contributed by atoms with Crippen molar-refractivity contribution in [2.24, 2.45) is 0 Å². The van der Waals surface area contributed by atoms with Crippen molar-refractivity contribution in [3.05, 3.63) is 12.4 Å². The molecule has 0 unspecified atom stereocenters. The van der Waals surface area contributed by atoms with Gasteiger partial charge in [-0.15, -0.1) is 0 Å². The topological polar surface area (TPSA) is 84.3 Å². The zero-order valence-corrected chi connectivity index (χ0v) is 5.31. The van der Waals surface area contributed by atoms with Crippen LogP contribution in [0.3, 0.4) is 0 Å². The molecule has 5 heteroatoms. The number of aliphatic hydroxyl groups is 2. The van der Waals surface area contributed by atoms with Gasteiger partial charge >= 0.3 is 0 Å². The van der Waals surface area contributed by atoms with Crippen LogP contribution in [0.15, 0.2) is 12.4 Å². The van der Waals surface area contributed by atoms with Gasteiger partial charge in [0.05, 0.1) is 6.54 Å². The molecule has 0 radical (unpaired) electrons. The quantitative estimate of drug-likeness (QED) is 0.453. The van der Waals surface area contributed by atoms with Gasteiger partial charge in [0.15, 0.2) is 12.2 Å². The Balaban J connectivity index is 2.65. The molecule has 0 spiro atoms. The summed E-state index contributed by atoms with van der Waals surface area (Å²) in [4.78, 5) is 3.69. The van der Waals surface area contributed by atoms with Gasteiger partial charge in [0.25, 0.3) is 0 Å². The average molecular weight is 143 g/mol. The molecule has 1 aromatic heterocycles. The molecule has 0 amide bonds. The van der Waals surface area contributed by atoms with Crippen LogP contribution in [0.25, 0.3) is 0 Å². The number of hydrogen-bond acceptors (Lipinski definition) is 4. The van der Waals surface area contributed by atoms with Crippen molar-refractivity contribution in [1.29, 1.82) is 0 Å². The molecule has 0 saturated heterocycles. The summed E-state index contributed by atoms with van der Waals surface area (Å²) in [5.74, 6) is 0.285. The normalized spacial score (nSPS) is 10.7. The molecule has 0 aliphatic heterocycles. The zero-order chi connectivity index (χ0) is 7.56. The molecule has 10 heavy (non-hydrogen) atoms. The van der Waals surface area contributed by atoms with E-state index in [-0.39, 0.29) is 12.5 Å². The van der Waals surface area contributed by atoms with Crippen LogP contribution in [0.2, 0.25) is 0 Å². The van der Waals surface area contributed by atoms with Crippen LogP contribution in [-0.2, 0) is 6.54 Å². The lowest BCUT2D eigenvalue weighted by molar-refractivity contribution is -0.0509. The van der Waals surface area contributed by atoms with E-state index >= 15 is 0 Å². The van der Waals surface area contributed by atoms with E-state index in [0.717, 1.165) is 0 Å². The summed E-state index contributed by atoms with van der Waals surface area (Å²) in [6, 6.07) is 0. The first-order valence-corrected chi connectivity index (χ1v) is 2.83. The zero-order valence-electron chi connectivity index (χ0n) is 5.31. The van der Waals surface area contributed by atoms with Gasteiger partial charge in [0.1, 0.15) is 0 Å². The van der Waals surface area contributed by atoms with Crippen LogP contribution < -0.4 is 5.73 Å². The number of imidazole rings is 1. The predicted octanol–water partition coefficient (Wildman–Crippen LogP) is -1.22. The molecule has 56 valence electrons. The van der Waals surface area contributed by atoms with Gasteiger partial charge in [0.2, 0.25) is 0 Å². The Bertz CT molecular complexity index is 208. The number of aliphatic hydroxyl groups excluding tert-OH is 1. The molecule has 0 aliphatic carbocycles. The number of hydrogen-bond donors (Lipinski definition) is 3. The first kappa shape index (κ1) is 7.04. The third-order valence-corrected chi connectivity index (χ3v) is 1.11. The van der Waals surface area contributed by atoms with Crippen LogP contribution in [-0.4, -0.2) is 26.1 Å². The summed E-state index contributed by atoms with van der Waals surface area (Å²) >= 11 is 0. The number of nitrogen functional groups attached to an aromatic ring is 1. The molecule has 0 aromatic carbocycles. The van der Waals surface area contributed by atoms with Crippen molar-refractivity contribution in [3.63, 3.8) is 0 Å². The molecule has 0 fully saturated rings. The first-order chi connectivity index (χ1) is 4.70. The van der Waals surface area contributed by atoms with Crippen LogP contribution in [0, 0.1) is 0 Å². The van der Waals surface area contributed by atoms with Crippen molar-refractivity contribution in [1.82, 2.24) is 9.55 Å². The summed E-state index contributed by atoms with van der Waals surface area (Å²) in [5, 5.41) is 17.0. The molecule has 1 aromatic rings. The number of aromatic nitrogens is 2. The van der Waals surface area contributed by atoms with Crippen molar-refractivity contribution in [3.8, 4) is 0 Å². The maximum atomic E-state index is 8.50. The summed E-state index contributed by atoms with van der Waals surface area (Å²) in [6.45, 7) is 0.0613. The van der Waals surface area contributed by atoms with Gasteiger partial charge in [0, 0.05) is 12.4 Å². The number of nitrogens with two attached hydrogens (primary N) is 1. The van der Waals surface area contributed by atoms with Crippen molar-refractivity contribution >= 4 is 5.95 Å². The largest absolute Gasteiger partial charge is 0.369 e. The Morgan fingerprint density at radius 2 is 2.40 bits per heavy atom. The minimum Gasteiger partial charge on any atom is -0.369 e. The second-order valence-electron chi connectivity index (χ2n) is 1.92. The third-order valence-electron chi connectivity index (χ3n) is 1.11. The summed E-state index contributed by atoms with van der Waals surface area (Å²) in [7, 11) is 0. The fourth-order valence-corrected chi connectivity index (χ4v) is 0.671. The Morgan fingerprint density at radius 3 is 2.80 bits per heavy atom. The Kier molecular flexibility index (Phi) is 1.88. The van der Waals surface area contributed by atoms with E-state index in [4.69, 9.17) is 15.9 Å². The van der Waals surface area contributed by atoms with Gasteiger partial charge in [-0.1, -0.05) is 0 Å². The summed E-state index contributed by atoms with van der Waals surface area (Å²) < 4.78 is 1.45. The van der Waals surface area contributed by atoms with Crippen molar-refractivity contribution in [2.75, 3.05) is 5.73 Å². The van der Waals surface area contributed by atoms with Gasteiger partial charge < -0.3 is 20.5 Å². The van der Waals surface area contributed by atoms with Crippen LogP contribution in [0.4, 0.5) is 5.95 Å². The molecular formula is C5H9N3O2. The third kappa shape index (κ3) is 1.46. The van der Waals surface area contributed by atoms with E-state index in [1.54, 1.807) is 6.20 Å². The lowest BCUT2D eigenvalue weighted by Gasteiger charge is -2.04. The molecule has 0 aliphatic rings. The van der Waals surface area contributed by atoms with Crippen molar-refractivity contribution < 1.29 is 10.2 Å². The Hall–Kier alpha value is -1.07. The van der Waals surface area contributed by atoms with E-state index in [2.05, 4.69) is 4.98 Å². The summed E-state index contributed by atoms with van der Waals surface area (Å²) in [5.41, 5.74) is 5.32. The molecule has 1 rings (SSSR count). The predicted molar refractivity (Wildman–Crippen MR) is 34.9 cm³/mol. The number of nitrogens with zero attached hydrogens (tertiary/aromatic N) is 2. The Morgan fingerprint density at radius 1 is 1.70 bits per heavy atom. The highest BCUT2D eigenvalue weighted by atomic mass is 16.5. The van der Waals surface area contributed by atoms with Crippen LogP contribution in [0.5, 0.6) is 0 Å². The monoisotopic (exact) mass is 143 g/mol. The van der Waals surface area contributed by atoms with E-state index < -0.39 is 6.29 Å². The van der Waals surface area contributed by atoms with E-state index in [9.17, 15) is 0 Å². The minimum atomic E-state index is -1.38. The minimum absolute atomic E-state index is 0.0613. The maximum absolute atomic E-state index is 8.50. The maximum Gasteiger partial charge on any atom is 0.200 e. The molecule has 1 heterocycles. The average Bonchev–Trinajstić information content (AvgIpc) is 2.15. The molecular weight excluding hydrogens is 134 g/mol. The SMILES string of the molecule is Nc1nccn1CC(O)O. The highest BCUT2D eigenvalue weighted by Gasteiger charge is 2.01. The molecule has 0 bridgehead atoms. The Labute approximate surface area is 57.7 Å². The fraction of sp³-hybridized carbons (Fsp3) is 0.400. The molecule has 4 N–H and O–H groups in total. The molecule has 0 atom stereocenters. The van der Waals surface area contributed by atoms with E-state index in [0.29, 0.717) is 0 Å². The van der Waals surface area contributed by atoms with Crippen LogP contribution in [0.1, 0.15) is 0 Å². The number of rotatable bonds is 2. The van der Waals surface area contributed by atoms with Gasteiger partial charge in [-0.05, 0) is 0 Å². The molecule has 0 saturated carbocycles. The van der Waals surface area contributed by atoms with E-state index in [1.165, 1.54) is 10.8 Å². The summed E-state index contributed by atoms with van der Waals surface area (Å²) in [6.07, 6.45) is 1.70. The van der Waals surface area contributed by atoms with Crippen LogP contribution >= 0.6 is 0 Å². The van der Waals surface area contributed by atoms with Gasteiger partial charge in [-0.3, -0.25) is 0 Å².